The van der Waals surface area contributed by atoms with Crippen LogP contribution in [0.2, 0.25) is 5.02 Å². The monoisotopic (exact) mass is 541 g/mol. The van der Waals surface area contributed by atoms with Crippen LogP contribution >= 0.6 is 11.6 Å². The van der Waals surface area contributed by atoms with E-state index in [-0.39, 0.29) is 30.3 Å². The zero-order valence-corrected chi connectivity index (χ0v) is 23.0. The molecule has 11 heteroatoms. The molecule has 1 aliphatic heterocycles. The number of nitrogens with two attached hydrogens (primary N) is 1. The van der Waals surface area contributed by atoms with Gasteiger partial charge in [-0.2, -0.15) is 5.10 Å². The molecular weight excluding hydrogens is 506 g/mol. The number of nitrogens with zero attached hydrogens (tertiary/aromatic N) is 5. The van der Waals surface area contributed by atoms with Crippen molar-refractivity contribution in [1.82, 2.24) is 20.2 Å². The van der Waals surface area contributed by atoms with Gasteiger partial charge in [-0.3, -0.25) is 14.6 Å². The van der Waals surface area contributed by atoms with Crippen molar-refractivity contribution < 1.29 is 14.7 Å². The van der Waals surface area contributed by atoms with Gasteiger partial charge in [0, 0.05) is 24.5 Å². The minimum Gasteiger partial charge on any atom is -0.394 e. The van der Waals surface area contributed by atoms with Gasteiger partial charge in [-0.05, 0) is 30.2 Å². The van der Waals surface area contributed by atoms with Gasteiger partial charge in [0.2, 0.25) is 11.8 Å². The molecule has 1 aliphatic rings. The van der Waals surface area contributed by atoms with Gasteiger partial charge in [0.15, 0.2) is 0 Å². The summed E-state index contributed by atoms with van der Waals surface area (Å²) in [6.07, 6.45) is 5.74. The lowest BCUT2D eigenvalue weighted by Crippen LogP contribution is -2.50. The number of likely N-dealkylation sites (tertiary alicyclic amines) is 1. The van der Waals surface area contributed by atoms with E-state index >= 15 is 0 Å². The topological polar surface area (TPSA) is 146 Å². The number of carbonyl (C=O) groups excluding carboxylic acids is 2. The molecule has 1 aromatic heterocycles. The third-order valence-electron chi connectivity index (χ3n) is 6.58. The Morgan fingerprint density at radius 2 is 1.97 bits per heavy atom. The van der Waals surface area contributed by atoms with Crippen LogP contribution < -0.4 is 11.2 Å². The molecule has 2 aromatic rings. The minimum atomic E-state index is -0.659. The number of halogens is 1. The van der Waals surface area contributed by atoms with Gasteiger partial charge < -0.3 is 21.2 Å². The molecular formula is C27H36ClN7O3. The second-order valence-corrected chi connectivity index (χ2v) is 10.4. The average Bonchev–Trinajstić information content (AvgIpc) is 3.40. The first-order valence-electron chi connectivity index (χ1n) is 12.8. The molecule has 4 N–H and O–H groups in total. The van der Waals surface area contributed by atoms with E-state index in [1.807, 2.05) is 39.8 Å². The first-order chi connectivity index (χ1) is 18.2. The van der Waals surface area contributed by atoms with Gasteiger partial charge in [0.1, 0.15) is 18.4 Å². The molecule has 0 saturated carbocycles. The Morgan fingerprint density at radius 3 is 2.55 bits per heavy atom. The summed E-state index contributed by atoms with van der Waals surface area (Å²) in [6.45, 7) is 7.90. The molecule has 1 saturated heterocycles. The lowest BCUT2D eigenvalue weighted by Gasteiger charge is -2.29. The van der Waals surface area contributed by atoms with Crippen LogP contribution in [0.15, 0.2) is 46.9 Å². The Labute approximate surface area is 228 Å². The molecule has 0 unspecified atom stereocenters. The summed E-state index contributed by atoms with van der Waals surface area (Å²) in [7, 11) is 0. The summed E-state index contributed by atoms with van der Waals surface area (Å²) in [5.74, 6) is 4.93. The summed E-state index contributed by atoms with van der Waals surface area (Å²) < 4.78 is 0. The van der Waals surface area contributed by atoms with Crippen molar-refractivity contribution in [2.24, 2.45) is 27.8 Å². The molecule has 3 rings (SSSR count). The van der Waals surface area contributed by atoms with E-state index in [4.69, 9.17) is 17.4 Å². The van der Waals surface area contributed by atoms with E-state index in [0.717, 1.165) is 11.1 Å². The predicted molar refractivity (Wildman–Crippen MR) is 149 cm³/mol. The maximum atomic E-state index is 13.5. The molecule has 1 aromatic carbocycles. The molecule has 1 fully saturated rings. The fourth-order valence-electron chi connectivity index (χ4n) is 4.38. The Hall–Kier alpha value is -3.37. The third-order valence-corrected chi connectivity index (χ3v) is 6.86. The predicted octanol–water partition coefficient (Wildman–Crippen LogP) is 3.00. The Kier molecular flexibility index (Phi) is 10.3. The second-order valence-electron chi connectivity index (χ2n) is 9.95. The summed E-state index contributed by atoms with van der Waals surface area (Å²) in [5, 5.41) is 17.2. The molecule has 204 valence electrons. The smallest absolute Gasteiger partial charge is 0.248 e. The van der Waals surface area contributed by atoms with E-state index in [1.165, 1.54) is 12.5 Å². The lowest BCUT2D eigenvalue weighted by atomic mass is 10.0. The van der Waals surface area contributed by atoms with Crippen molar-refractivity contribution in [3.63, 3.8) is 0 Å². The minimum absolute atomic E-state index is 0.0689. The van der Waals surface area contributed by atoms with Crippen molar-refractivity contribution in [2.75, 3.05) is 13.2 Å². The number of aliphatic imine (C=N–C) groups is 1. The number of hydrogen-bond donors (Lipinski definition) is 3. The van der Waals surface area contributed by atoms with Crippen molar-refractivity contribution in [2.45, 2.75) is 58.7 Å². The second kappa shape index (κ2) is 13.4. The van der Waals surface area contributed by atoms with Gasteiger partial charge in [0.25, 0.3) is 0 Å². The first-order valence-corrected chi connectivity index (χ1v) is 13.1. The molecule has 2 heterocycles. The first kappa shape index (κ1) is 29.2. The van der Waals surface area contributed by atoms with Crippen molar-refractivity contribution in [3.05, 3.63) is 47.4 Å². The number of aliphatic hydroxyl groups is 1. The number of carbonyl (C=O) groups is 2. The largest absolute Gasteiger partial charge is 0.394 e. The Bertz CT molecular complexity index is 1170. The lowest BCUT2D eigenvalue weighted by molar-refractivity contribution is -0.140. The van der Waals surface area contributed by atoms with Crippen LogP contribution in [0.5, 0.6) is 0 Å². The number of nitrogens with one attached hydrogen (secondary N) is 1. The van der Waals surface area contributed by atoms with E-state index in [9.17, 15) is 14.7 Å². The number of benzene rings is 1. The summed E-state index contributed by atoms with van der Waals surface area (Å²) in [6, 6.07) is 5.33. The maximum Gasteiger partial charge on any atom is 0.248 e. The van der Waals surface area contributed by atoms with E-state index < -0.39 is 18.1 Å². The molecule has 0 spiro atoms. The number of aromatic nitrogens is 2. The highest BCUT2D eigenvalue weighted by molar-refractivity contribution is 6.33. The molecule has 10 nitrogen and oxygen atoms in total. The molecule has 0 aliphatic carbocycles. The van der Waals surface area contributed by atoms with Crippen molar-refractivity contribution in [3.8, 4) is 11.3 Å². The molecule has 38 heavy (non-hydrogen) atoms. The van der Waals surface area contributed by atoms with E-state index in [0.29, 0.717) is 35.8 Å². The Morgan fingerprint density at radius 1 is 1.26 bits per heavy atom. The number of hydrogen-bond acceptors (Lipinski definition) is 8. The third kappa shape index (κ3) is 6.93. The molecule has 2 amide bonds. The van der Waals surface area contributed by atoms with Crippen LogP contribution in [-0.4, -0.2) is 69.0 Å². The highest BCUT2D eigenvalue weighted by Gasteiger charge is 2.38. The Balaban J connectivity index is 1.73. The van der Waals surface area contributed by atoms with Gasteiger partial charge >= 0.3 is 0 Å². The standard InChI is InChI=1S/C27H36ClN7O3/c1-16(2)21(34-29)13-31-24(17(3)4)27(38)35-11-5-6-23(35)26(37)33-22(14-36)18-7-9-19(10-8-18)25-20(28)12-30-15-32-25/h7-10,12-13,15-17,22-24,36H,5-6,11,14,29H2,1-4H3,(H,33,37)/b31-13?,34-21+/t22-,23-,24-/m0/s1. The number of hydrazone groups is 1. The highest BCUT2D eigenvalue weighted by atomic mass is 35.5. The van der Waals surface area contributed by atoms with Gasteiger partial charge in [-0.1, -0.05) is 63.6 Å². The number of amides is 2. The molecule has 0 radical (unpaired) electrons. The zero-order chi connectivity index (χ0) is 27.8. The fourth-order valence-corrected chi connectivity index (χ4v) is 4.60. The van der Waals surface area contributed by atoms with E-state index in [1.54, 1.807) is 23.2 Å². The maximum absolute atomic E-state index is 13.5. The van der Waals surface area contributed by atoms with Gasteiger partial charge in [-0.15, -0.1) is 0 Å². The van der Waals surface area contributed by atoms with Crippen molar-refractivity contribution >= 4 is 35.3 Å². The number of rotatable bonds is 10. The van der Waals surface area contributed by atoms with Crippen molar-refractivity contribution in [1.29, 1.82) is 0 Å². The van der Waals surface area contributed by atoms with E-state index in [2.05, 4.69) is 25.4 Å². The zero-order valence-electron chi connectivity index (χ0n) is 22.2. The van der Waals surface area contributed by atoms with Crippen LogP contribution in [0.3, 0.4) is 0 Å². The van der Waals surface area contributed by atoms with Crippen LogP contribution in [0.1, 0.15) is 52.1 Å². The quantitative estimate of drug-likeness (QED) is 0.239. The molecule has 0 bridgehead atoms. The molecule has 3 atom stereocenters. The van der Waals surface area contributed by atoms with Crippen LogP contribution in [0.25, 0.3) is 11.3 Å². The van der Waals surface area contributed by atoms with Gasteiger partial charge in [-0.25, -0.2) is 9.97 Å². The summed E-state index contributed by atoms with van der Waals surface area (Å²) >= 11 is 6.19. The summed E-state index contributed by atoms with van der Waals surface area (Å²) in [4.78, 5) is 41.0. The SMILES string of the molecule is CC(C)/C(C=N[C@H](C(=O)N1CCC[C@H]1C(=O)N[C@@H](CO)c1ccc(-c2ncncc2Cl)cc1)C(C)C)=N/N. The van der Waals surface area contributed by atoms with Crippen LogP contribution in [0.4, 0.5) is 0 Å². The fraction of sp³-hybridized carbons (Fsp3) is 0.481. The highest BCUT2D eigenvalue weighted by Crippen LogP contribution is 2.27. The van der Waals surface area contributed by atoms with Gasteiger partial charge in [0.05, 0.1) is 29.1 Å². The average molecular weight is 542 g/mol. The van der Waals surface area contributed by atoms with Crippen LogP contribution in [-0.2, 0) is 9.59 Å². The van der Waals surface area contributed by atoms with Crippen LogP contribution in [0, 0.1) is 11.8 Å². The summed E-state index contributed by atoms with van der Waals surface area (Å²) in [5.41, 5.74) is 2.70. The normalized spacial score (nSPS) is 17.8. The number of aliphatic hydroxyl groups excluding tert-OH is 1.